The lowest BCUT2D eigenvalue weighted by molar-refractivity contribution is 0.184. The van der Waals surface area contributed by atoms with Crippen LogP contribution in [0.25, 0.3) is 11.5 Å². The molecule has 1 aromatic heterocycles. The Hall–Kier alpha value is -1.68. The molecule has 0 bridgehead atoms. The highest BCUT2D eigenvalue weighted by atomic mass is 16.5. The molecule has 1 heterocycles. The summed E-state index contributed by atoms with van der Waals surface area (Å²) in [5.74, 6) is 0.741. The van der Waals surface area contributed by atoms with Crippen molar-refractivity contribution in [3.63, 3.8) is 0 Å². The van der Waals surface area contributed by atoms with Crippen molar-refractivity contribution in [1.82, 2.24) is 10.1 Å². The van der Waals surface area contributed by atoms with Crippen LogP contribution in [0.3, 0.4) is 0 Å². The summed E-state index contributed by atoms with van der Waals surface area (Å²) in [4.78, 5) is 4.05. The summed E-state index contributed by atoms with van der Waals surface area (Å²) in [6, 6.07) is 9.44. The summed E-state index contributed by atoms with van der Waals surface area (Å²) in [5, 5.41) is 12.9. The molecule has 4 nitrogen and oxygen atoms in total. The van der Waals surface area contributed by atoms with E-state index in [1.165, 1.54) is 0 Å². The van der Waals surface area contributed by atoms with E-state index in [0.717, 1.165) is 5.56 Å². The van der Waals surface area contributed by atoms with Gasteiger partial charge in [-0.15, -0.1) is 0 Å². The second kappa shape index (κ2) is 3.59. The molecular weight excluding hydrogens is 180 g/mol. The van der Waals surface area contributed by atoms with Crippen LogP contribution in [0.1, 0.15) is 18.9 Å². The Bertz CT molecular complexity index is 409. The maximum atomic E-state index is 9.20. The van der Waals surface area contributed by atoms with Crippen molar-refractivity contribution in [1.29, 1.82) is 0 Å². The number of hydrogen-bond donors (Lipinski definition) is 1. The highest BCUT2D eigenvalue weighted by Gasteiger charge is 2.11. The van der Waals surface area contributed by atoms with Crippen molar-refractivity contribution in [2.24, 2.45) is 0 Å². The highest BCUT2D eigenvalue weighted by Crippen LogP contribution is 2.18. The third-order valence-corrected chi connectivity index (χ3v) is 1.84. The normalized spacial score (nSPS) is 12.7. The van der Waals surface area contributed by atoms with Crippen LogP contribution in [0.15, 0.2) is 34.9 Å². The zero-order valence-corrected chi connectivity index (χ0v) is 7.71. The first-order chi connectivity index (χ1) is 6.77. The van der Waals surface area contributed by atoms with Gasteiger partial charge in [-0.25, -0.2) is 0 Å². The molecule has 1 aromatic carbocycles. The summed E-state index contributed by atoms with van der Waals surface area (Å²) in [6.45, 7) is 1.60. The van der Waals surface area contributed by atoms with Gasteiger partial charge in [-0.05, 0) is 19.1 Å². The molecule has 0 radical (unpaired) electrons. The van der Waals surface area contributed by atoms with Gasteiger partial charge in [0.15, 0.2) is 5.82 Å². The van der Waals surface area contributed by atoms with Crippen LogP contribution in [-0.4, -0.2) is 15.2 Å². The first-order valence-electron chi connectivity index (χ1n) is 4.34. The first-order valence-corrected chi connectivity index (χ1v) is 4.34. The maximum absolute atomic E-state index is 9.20. The molecule has 72 valence electrons. The molecule has 14 heavy (non-hydrogen) atoms. The third-order valence-electron chi connectivity index (χ3n) is 1.84. The van der Waals surface area contributed by atoms with Gasteiger partial charge in [-0.2, -0.15) is 4.98 Å². The summed E-state index contributed by atoms with van der Waals surface area (Å²) >= 11 is 0. The maximum Gasteiger partial charge on any atom is 0.258 e. The van der Waals surface area contributed by atoms with E-state index in [-0.39, 0.29) is 0 Å². The van der Waals surface area contributed by atoms with Crippen molar-refractivity contribution in [3.05, 3.63) is 36.2 Å². The Balaban J connectivity index is 2.34. The van der Waals surface area contributed by atoms with Crippen molar-refractivity contribution >= 4 is 0 Å². The number of rotatable bonds is 2. The van der Waals surface area contributed by atoms with Gasteiger partial charge >= 0.3 is 0 Å². The Morgan fingerprint density at radius 2 is 2.00 bits per heavy atom. The minimum atomic E-state index is -0.698. The van der Waals surface area contributed by atoms with Gasteiger partial charge in [0.2, 0.25) is 0 Å². The molecule has 0 aliphatic rings. The molecule has 4 heteroatoms. The minimum Gasteiger partial charge on any atom is -0.385 e. The van der Waals surface area contributed by atoms with Crippen molar-refractivity contribution in [2.45, 2.75) is 13.0 Å². The molecule has 0 fully saturated rings. The average molecular weight is 190 g/mol. The zero-order chi connectivity index (χ0) is 9.97. The standard InChI is InChI=1S/C10H10N2O2/c1-7(13)9-11-10(14-12-9)8-5-3-2-4-6-8/h2-7,13H,1H3/t7-/m1/s1. The topological polar surface area (TPSA) is 59.2 Å². The third kappa shape index (κ3) is 1.65. The van der Waals surface area contributed by atoms with E-state index in [1.807, 2.05) is 30.3 Å². The number of benzene rings is 1. The second-order valence-electron chi connectivity index (χ2n) is 3.00. The Morgan fingerprint density at radius 3 is 2.57 bits per heavy atom. The van der Waals surface area contributed by atoms with Crippen LogP contribution in [0.5, 0.6) is 0 Å². The van der Waals surface area contributed by atoms with Crippen LogP contribution in [0.4, 0.5) is 0 Å². The van der Waals surface area contributed by atoms with Crippen molar-refractivity contribution in [3.8, 4) is 11.5 Å². The Kier molecular flexibility index (Phi) is 2.28. The minimum absolute atomic E-state index is 0.309. The molecular formula is C10H10N2O2. The predicted octanol–water partition coefficient (Wildman–Crippen LogP) is 1.79. The number of aromatic nitrogens is 2. The van der Waals surface area contributed by atoms with Gasteiger partial charge in [0.05, 0.1) is 0 Å². The fourth-order valence-corrected chi connectivity index (χ4v) is 1.10. The Morgan fingerprint density at radius 1 is 1.29 bits per heavy atom. The van der Waals surface area contributed by atoms with E-state index in [2.05, 4.69) is 10.1 Å². The summed E-state index contributed by atoms with van der Waals surface area (Å²) in [5.41, 5.74) is 0.854. The summed E-state index contributed by atoms with van der Waals surface area (Å²) < 4.78 is 4.99. The molecule has 0 spiro atoms. The highest BCUT2D eigenvalue weighted by molar-refractivity contribution is 5.51. The van der Waals surface area contributed by atoms with Crippen LogP contribution >= 0.6 is 0 Å². The molecule has 2 aromatic rings. The van der Waals surface area contributed by atoms with Crippen molar-refractivity contribution < 1.29 is 9.63 Å². The lowest BCUT2D eigenvalue weighted by atomic mass is 10.2. The summed E-state index contributed by atoms with van der Waals surface area (Å²) in [6.07, 6.45) is -0.698. The molecule has 0 unspecified atom stereocenters. The van der Waals surface area contributed by atoms with Crippen LogP contribution < -0.4 is 0 Å². The SMILES string of the molecule is C[C@@H](O)c1noc(-c2ccccc2)n1. The Labute approximate surface area is 81.2 Å². The van der Waals surface area contributed by atoms with Crippen LogP contribution in [0, 0.1) is 0 Å². The molecule has 0 saturated carbocycles. The van der Waals surface area contributed by atoms with Crippen LogP contribution in [0.2, 0.25) is 0 Å². The number of hydrogen-bond acceptors (Lipinski definition) is 4. The van der Waals surface area contributed by atoms with E-state index in [0.29, 0.717) is 11.7 Å². The van der Waals surface area contributed by atoms with E-state index in [1.54, 1.807) is 6.92 Å². The lowest BCUT2D eigenvalue weighted by Crippen LogP contribution is -1.92. The van der Waals surface area contributed by atoms with E-state index in [4.69, 9.17) is 4.52 Å². The zero-order valence-electron chi connectivity index (χ0n) is 7.71. The first kappa shape index (κ1) is 8.90. The smallest absolute Gasteiger partial charge is 0.258 e. The monoisotopic (exact) mass is 190 g/mol. The fraction of sp³-hybridized carbons (Fsp3) is 0.200. The average Bonchev–Trinajstić information content (AvgIpc) is 2.68. The summed E-state index contributed by atoms with van der Waals surface area (Å²) in [7, 11) is 0. The quantitative estimate of drug-likeness (QED) is 0.784. The van der Waals surface area contributed by atoms with Crippen LogP contribution in [-0.2, 0) is 0 Å². The second-order valence-corrected chi connectivity index (χ2v) is 3.00. The van der Waals surface area contributed by atoms with Gasteiger partial charge in [-0.1, -0.05) is 23.4 Å². The number of aliphatic hydroxyl groups is 1. The number of nitrogens with zero attached hydrogens (tertiary/aromatic N) is 2. The van der Waals surface area contributed by atoms with E-state index >= 15 is 0 Å². The van der Waals surface area contributed by atoms with Gasteiger partial charge in [0.25, 0.3) is 5.89 Å². The van der Waals surface area contributed by atoms with Gasteiger partial charge in [-0.3, -0.25) is 0 Å². The van der Waals surface area contributed by atoms with Gasteiger partial charge in [0, 0.05) is 5.56 Å². The largest absolute Gasteiger partial charge is 0.385 e. The molecule has 1 N–H and O–H groups in total. The predicted molar refractivity (Wildman–Crippen MR) is 50.4 cm³/mol. The molecule has 0 saturated heterocycles. The molecule has 0 amide bonds. The van der Waals surface area contributed by atoms with E-state index in [9.17, 15) is 5.11 Å². The van der Waals surface area contributed by atoms with E-state index < -0.39 is 6.10 Å². The van der Waals surface area contributed by atoms with Gasteiger partial charge < -0.3 is 9.63 Å². The molecule has 0 aliphatic heterocycles. The van der Waals surface area contributed by atoms with Crippen molar-refractivity contribution in [2.75, 3.05) is 0 Å². The fourth-order valence-electron chi connectivity index (χ4n) is 1.10. The molecule has 2 rings (SSSR count). The van der Waals surface area contributed by atoms with Gasteiger partial charge in [0.1, 0.15) is 6.10 Å². The number of aliphatic hydroxyl groups excluding tert-OH is 1. The molecule has 0 aliphatic carbocycles. The molecule has 1 atom stereocenters. The lowest BCUT2D eigenvalue weighted by Gasteiger charge is -1.92.